The van der Waals surface area contributed by atoms with E-state index in [9.17, 15) is 0 Å². The fraction of sp³-hybridized carbons (Fsp3) is 0.273. The van der Waals surface area contributed by atoms with Crippen molar-refractivity contribution in [1.82, 2.24) is 0 Å². The Labute approximate surface area is 68.6 Å². The Hall–Kier alpha value is -1.04. The fourth-order valence-electron chi connectivity index (χ4n) is 1.03. The number of hydrogen-bond donors (Lipinski definition) is 0. The molecule has 0 aliphatic rings. The maximum Gasteiger partial charge on any atom is 0.00143 e. The first-order valence-corrected chi connectivity index (χ1v) is 3.92. The van der Waals surface area contributed by atoms with E-state index in [-0.39, 0.29) is 0 Å². The SMILES string of the molecule is C=C(C)C(C)c1ccccc1. The van der Waals surface area contributed by atoms with Gasteiger partial charge in [0.15, 0.2) is 0 Å². The quantitative estimate of drug-likeness (QED) is 0.561. The number of hydrogen-bond acceptors (Lipinski definition) is 0. The molecule has 0 heteroatoms. The number of allylic oxidation sites excluding steroid dienone is 1. The first-order valence-electron chi connectivity index (χ1n) is 3.92. The van der Waals surface area contributed by atoms with Gasteiger partial charge in [0, 0.05) is 5.92 Å². The summed E-state index contributed by atoms with van der Waals surface area (Å²) in [5.41, 5.74) is 2.57. The molecule has 0 amide bonds. The summed E-state index contributed by atoms with van der Waals surface area (Å²) < 4.78 is 0. The molecule has 1 aromatic rings. The van der Waals surface area contributed by atoms with Crippen LogP contribution in [0, 0.1) is 0 Å². The van der Waals surface area contributed by atoms with Crippen molar-refractivity contribution >= 4 is 0 Å². The Balaban J connectivity index is 2.85. The van der Waals surface area contributed by atoms with Crippen LogP contribution in [-0.4, -0.2) is 0 Å². The van der Waals surface area contributed by atoms with Gasteiger partial charge in [-0.05, 0) is 12.5 Å². The summed E-state index contributed by atoms with van der Waals surface area (Å²) in [5, 5.41) is 0. The number of benzene rings is 1. The second-order valence-electron chi connectivity index (χ2n) is 2.98. The highest BCUT2D eigenvalue weighted by Crippen LogP contribution is 2.20. The van der Waals surface area contributed by atoms with E-state index in [1.54, 1.807) is 0 Å². The smallest absolute Gasteiger partial charge is 0.00143 e. The highest BCUT2D eigenvalue weighted by atomic mass is 14.1. The molecule has 0 saturated heterocycles. The zero-order chi connectivity index (χ0) is 8.27. The van der Waals surface area contributed by atoms with Crippen molar-refractivity contribution in [2.75, 3.05) is 0 Å². The topological polar surface area (TPSA) is 0 Å². The Morgan fingerprint density at radius 3 is 2.27 bits per heavy atom. The summed E-state index contributed by atoms with van der Waals surface area (Å²) in [7, 11) is 0. The van der Waals surface area contributed by atoms with Gasteiger partial charge in [-0.2, -0.15) is 0 Å². The van der Waals surface area contributed by atoms with E-state index < -0.39 is 0 Å². The minimum absolute atomic E-state index is 0.483. The summed E-state index contributed by atoms with van der Waals surface area (Å²) in [6.07, 6.45) is 0. The van der Waals surface area contributed by atoms with Crippen LogP contribution in [0.2, 0.25) is 0 Å². The van der Waals surface area contributed by atoms with Crippen LogP contribution in [0.1, 0.15) is 25.3 Å². The van der Waals surface area contributed by atoms with Crippen LogP contribution in [-0.2, 0) is 0 Å². The van der Waals surface area contributed by atoms with E-state index in [4.69, 9.17) is 0 Å². The Morgan fingerprint density at radius 1 is 1.27 bits per heavy atom. The standard InChI is InChI=1S/C11H14/c1-9(2)10(3)11-7-5-4-6-8-11/h4-8,10H,1H2,2-3H3. The molecule has 58 valence electrons. The van der Waals surface area contributed by atoms with Crippen LogP contribution in [0.4, 0.5) is 0 Å². The lowest BCUT2D eigenvalue weighted by atomic mass is 9.95. The van der Waals surface area contributed by atoms with E-state index in [0.717, 1.165) is 0 Å². The molecule has 0 aliphatic carbocycles. The first-order chi connectivity index (χ1) is 5.22. The minimum atomic E-state index is 0.483. The molecule has 0 radical (unpaired) electrons. The van der Waals surface area contributed by atoms with Crippen molar-refractivity contribution in [2.45, 2.75) is 19.8 Å². The lowest BCUT2D eigenvalue weighted by Gasteiger charge is -2.10. The van der Waals surface area contributed by atoms with Crippen molar-refractivity contribution < 1.29 is 0 Å². The van der Waals surface area contributed by atoms with Crippen LogP contribution >= 0.6 is 0 Å². The van der Waals surface area contributed by atoms with Gasteiger partial charge in [0.1, 0.15) is 0 Å². The monoisotopic (exact) mass is 146 g/mol. The normalized spacial score (nSPS) is 12.5. The lowest BCUT2D eigenvalue weighted by Crippen LogP contribution is -1.92. The maximum absolute atomic E-state index is 3.93. The van der Waals surface area contributed by atoms with E-state index in [0.29, 0.717) is 5.92 Å². The molecule has 1 aromatic carbocycles. The molecule has 0 heterocycles. The van der Waals surface area contributed by atoms with Crippen molar-refractivity contribution in [3.8, 4) is 0 Å². The fourth-order valence-corrected chi connectivity index (χ4v) is 1.03. The van der Waals surface area contributed by atoms with E-state index >= 15 is 0 Å². The Kier molecular flexibility index (Phi) is 2.48. The van der Waals surface area contributed by atoms with Gasteiger partial charge in [0.25, 0.3) is 0 Å². The highest BCUT2D eigenvalue weighted by Gasteiger charge is 2.03. The van der Waals surface area contributed by atoms with Crippen molar-refractivity contribution in [2.24, 2.45) is 0 Å². The largest absolute Gasteiger partial charge is 0.0995 e. The van der Waals surface area contributed by atoms with Gasteiger partial charge < -0.3 is 0 Å². The Morgan fingerprint density at radius 2 is 1.82 bits per heavy atom. The average molecular weight is 146 g/mol. The summed E-state index contributed by atoms with van der Waals surface area (Å²) >= 11 is 0. The third-order valence-electron chi connectivity index (χ3n) is 2.04. The predicted octanol–water partition coefficient (Wildman–Crippen LogP) is 3.37. The molecule has 0 aliphatic heterocycles. The molecule has 1 atom stereocenters. The van der Waals surface area contributed by atoms with Crippen molar-refractivity contribution in [3.63, 3.8) is 0 Å². The summed E-state index contributed by atoms with van der Waals surface area (Å²) in [5.74, 6) is 0.483. The van der Waals surface area contributed by atoms with E-state index in [2.05, 4.69) is 44.7 Å². The molecule has 0 N–H and O–H groups in total. The van der Waals surface area contributed by atoms with Gasteiger partial charge in [-0.1, -0.05) is 49.4 Å². The first kappa shape index (κ1) is 8.06. The van der Waals surface area contributed by atoms with Gasteiger partial charge in [-0.25, -0.2) is 0 Å². The average Bonchev–Trinajstić information content (AvgIpc) is 2.05. The number of rotatable bonds is 2. The van der Waals surface area contributed by atoms with Gasteiger partial charge in [-0.15, -0.1) is 0 Å². The molecule has 1 unspecified atom stereocenters. The molecule has 0 aromatic heterocycles. The molecule has 0 fully saturated rings. The van der Waals surface area contributed by atoms with Gasteiger partial charge in [0.05, 0.1) is 0 Å². The molecular weight excluding hydrogens is 132 g/mol. The van der Waals surface area contributed by atoms with Crippen LogP contribution in [0.15, 0.2) is 42.5 Å². The Bertz CT molecular complexity index is 233. The molecule has 1 rings (SSSR count). The zero-order valence-electron chi connectivity index (χ0n) is 7.17. The van der Waals surface area contributed by atoms with Crippen LogP contribution in [0.3, 0.4) is 0 Å². The van der Waals surface area contributed by atoms with Gasteiger partial charge in [-0.3, -0.25) is 0 Å². The van der Waals surface area contributed by atoms with Crippen LogP contribution < -0.4 is 0 Å². The summed E-state index contributed by atoms with van der Waals surface area (Å²) in [6, 6.07) is 10.4. The summed E-state index contributed by atoms with van der Waals surface area (Å²) in [6.45, 7) is 8.18. The third kappa shape index (κ3) is 1.94. The van der Waals surface area contributed by atoms with Crippen LogP contribution in [0.5, 0.6) is 0 Å². The molecule has 0 saturated carbocycles. The molecule has 0 spiro atoms. The third-order valence-corrected chi connectivity index (χ3v) is 2.04. The zero-order valence-corrected chi connectivity index (χ0v) is 7.17. The minimum Gasteiger partial charge on any atom is -0.0995 e. The van der Waals surface area contributed by atoms with Crippen LogP contribution in [0.25, 0.3) is 0 Å². The summed E-state index contributed by atoms with van der Waals surface area (Å²) in [4.78, 5) is 0. The highest BCUT2D eigenvalue weighted by molar-refractivity contribution is 5.25. The van der Waals surface area contributed by atoms with Gasteiger partial charge in [0.2, 0.25) is 0 Å². The molecule has 0 nitrogen and oxygen atoms in total. The van der Waals surface area contributed by atoms with E-state index in [1.165, 1.54) is 11.1 Å². The second-order valence-corrected chi connectivity index (χ2v) is 2.98. The van der Waals surface area contributed by atoms with Crippen molar-refractivity contribution in [3.05, 3.63) is 48.0 Å². The molecular formula is C11H14. The molecule has 0 bridgehead atoms. The van der Waals surface area contributed by atoms with E-state index in [1.807, 2.05) is 6.07 Å². The lowest BCUT2D eigenvalue weighted by molar-refractivity contribution is 0.899. The molecule has 11 heavy (non-hydrogen) atoms. The van der Waals surface area contributed by atoms with Crippen molar-refractivity contribution in [1.29, 1.82) is 0 Å². The predicted molar refractivity (Wildman–Crippen MR) is 49.7 cm³/mol. The second kappa shape index (κ2) is 3.38. The van der Waals surface area contributed by atoms with Gasteiger partial charge >= 0.3 is 0 Å². The maximum atomic E-state index is 3.93.